The zero-order valence-corrected chi connectivity index (χ0v) is 8.63. The Morgan fingerprint density at radius 3 is 2.46 bits per heavy atom. The lowest BCUT2D eigenvalue weighted by Gasteiger charge is -2.42. The van der Waals surface area contributed by atoms with E-state index in [1.807, 2.05) is 0 Å². The van der Waals surface area contributed by atoms with Gasteiger partial charge in [0.1, 0.15) is 0 Å². The van der Waals surface area contributed by atoms with Gasteiger partial charge in [0.05, 0.1) is 0 Å². The van der Waals surface area contributed by atoms with E-state index in [9.17, 15) is 0 Å². The second-order valence-corrected chi connectivity index (χ2v) is 5.26. The van der Waals surface area contributed by atoms with Crippen molar-refractivity contribution in [1.29, 1.82) is 0 Å². The first-order valence-electron chi connectivity index (χ1n) is 5.55. The maximum absolute atomic E-state index is 8.90. The van der Waals surface area contributed by atoms with E-state index in [4.69, 9.17) is 5.11 Å². The minimum atomic E-state index is 0.382. The van der Waals surface area contributed by atoms with Crippen LogP contribution in [0.25, 0.3) is 0 Å². The molecule has 1 aliphatic heterocycles. The molecule has 1 N–H and O–H groups in total. The third kappa shape index (κ3) is 2.05. The lowest BCUT2D eigenvalue weighted by Crippen LogP contribution is -2.51. The quantitative estimate of drug-likeness (QED) is 0.716. The van der Waals surface area contributed by atoms with E-state index in [2.05, 4.69) is 11.8 Å². The van der Waals surface area contributed by atoms with Crippen LogP contribution in [0.5, 0.6) is 0 Å². The second kappa shape index (κ2) is 3.58. The van der Waals surface area contributed by atoms with Crippen LogP contribution < -0.4 is 0 Å². The summed E-state index contributed by atoms with van der Waals surface area (Å²) in [5, 5.41) is 8.90. The first-order valence-corrected chi connectivity index (χ1v) is 5.55. The Morgan fingerprint density at radius 2 is 1.92 bits per heavy atom. The number of hydrogen-bond donors (Lipinski definition) is 1. The van der Waals surface area contributed by atoms with Crippen LogP contribution in [0.2, 0.25) is 0 Å². The van der Waals surface area contributed by atoms with Gasteiger partial charge in [0.15, 0.2) is 0 Å². The molecule has 2 aliphatic rings. The predicted molar refractivity (Wildman–Crippen MR) is 53.6 cm³/mol. The van der Waals surface area contributed by atoms with Crippen LogP contribution in [0.15, 0.2) is 0 Å². The Balaban J connectivity index is 1.73. The van der Waals surface area contributed by atoms with E-state index < -0.39 is 0 Å². The van der Waals surface area contributed by atoms with Crippen LogP contribution in [-0.2, 0) is 0 Å². The second-order valence-electron chi connectivity index (χ2n) is 5.26. The number of likely N-dealkylation sites (tertiary alicyclic amines) is 1. The summed E-state index contributed by atoms with van der Waals surface area (Å²) in [4.78, 5) is 2.51. The van der Waals surface area contributed by atoms with Crippen LogP contribution in [0.3, 0.4) is 0 Å². The largest absolute Gasteiger partial charge is 0.396 e. The van der Waals surface area contributed by atoms with E-state index in [1.165, 1.54) is 32.2 Å². The molecule has 1 aliphatic carbocycles. The van der Waals surface area contributed by atoms with Gasteiger partial charge in [0, 0.05) is 32.2 Å². The molecule has 1 saturated heterocycles. The maximum Gasteiger partial charge on any atom is 0.0483 e. The Labute approximate surface area is 80.9 Å². The van der Waals surface area contributed by atoms with Crippen molar-refractivity contribution in [3.05, 3.63) is 0 Å². The summed E-state index contributed by atoms with van der Waals surface area (Å²) in [5.74, 6) is 0.574. The van der Waals surface area contributed by atoms with E-state index in [-0.39, 0.29) is 0 Å². The van der Waals surface area contributed by atoms with Crippen molar-refractivity contribution in [3.63, 3.8) is 0 Å². The number of hydrogen-bond acceptors (Lipinski definition) is 2. The van der Waals surface area contributed by atoms with Gasteiger partial charge in [0.2, 0.25) is 0 Å². The Morgan fingerprint density at radius 1 is 1.31 bits per heavy atom. The molecule has 0 aromatic carbocycles. The molecule has 0 spiro atoms. The Bertz CT molecular complexity index is 169. The highest BCUT2D eigenvalue weighted by molar-refractivity contribution is 4.88. The van der Waals surface area contributed by atoms with Gasteiger partial charge in [-0.05, 0) is 18.3 Å². The summed E-state index contributed by atoms with van der Waals surface area (Å²) in [5.41, 5.74) is 0.598. The number of aliphatic hydroxyl groups excluding tert-OH is 1. The summed E-state index contributed by atoms with van der Waals surface area (Å²) in [6, 6.07) is 0. The van der Waals surface area contributed by atoms with Crippen molar-refractivity contribution in [2.24, 2.45) is 11.3 Å². The molecule has 0 unspecified atom stereocenters. The van der Waals surface area contributed by atoms with Crippen molar-refractivity contribution in [2.75, 3.05) is 26.2 Å². The van der Waals surface area contributed by atoms with Crippen molar-refractivity contribution in [2.45, 2.75) is 32.6 Å². The molecule has 2 fully saturated rings. The fourth-order valence-electron chi connectivity index (χ4n) is 2.85. The lowest BCUT2D eigenvalue weighted by atomic mass is 9.86. The first-order chi connectivity index (χ1) is 6.22. The van der Waals surface area contributed by atoms with E-state index in [1.54, 1.807) is 0 Å². The highest BCUT2D eigenvalue weighted by Crippen LogP contribution is 2.39. The van der Waals surface area contributed by atoms with Crippen LogP contribution in [0.4, 0.5) is 0 Å². The average Bonchev–Trinajstić information content (AvgIpc) is 2.44. The highest BCUT2D eigenvalue weighted by Gasteiger charge is 2.35. The summed E-state index contributed by atoms with van der Waals surface area (Å²) >= 11 is 0. The van der Waals surface area contributed by atoms with Crippen LogP contribution in [-0.4, -0.2) is 36.2 Å². The van der Waals surface area contributed by atoms with Gasteiger partial charge in [-0.1, -0.05) is 19.8 Å². The standard InChI is InChI=1S/C11H21NO/c1-11(4-2-3-5-11)9-12-6-10(7-12)8-13/h10,13H,2-9H2,1H3. The number of rotatable bonds is 3. The van der Waals surface area contributed by atoms with Crippen molar-refractivity contribution < 1.29 is 5.11 Å². The molecule has 1 heterocycles. The van der Waals surface area contributed by atoms with Crippen LogP contribution in [0, 0.1) is 11.3 Å². The molecule has 1 saturated carbocycles. The van der Waals surface area contributed by atoms with E-state index >= 15 is 0 Å². The molecule has 13 heavy (non-hydrogen) atoms. The minimum absolute atomic E-state index is 0.382. The molecular weight excluding hydrogens is 162 g/mol. The molecular formula is C11H21NO. The normalized spacial score (nSPS) is 29.1. The first kappa shape index (κ1) is 9.47. The highest BCUT2D eigenvalue weighted by atomic mass is 16.3. The van der Waals surface area contributed by atoms with Gasteiger partial charge in [-0.15, -0.1) is 0 Å². The summed E-state index contributed by atoms with van der Waals surface area (Å²) < 4.78 is 0. The fraction of sp³-hybridized carbons (Fsp3) is 1.00. The van der Waals surface area contributed by atoms with E-state index in [0.717, 1.165) is 13.1 Å². The average molecular weight is 183 g/mol. The minimum Gasteiger partial charge on any atom is -0.396 e. The third-order valence-corrected chi connectivity index (χ3v) is 3.71. The third-order valence-electron chi connectivity index (χ3n) is 3.71. The van der Waals surface area contributed by atoms with Crippen LogP contribution in [0.1, 0.15) is 32.6 Å². The summed E-state index contributed by atoms with van der Waals surface area (Å²) in [7, 11) is 0. The maximum atomic E-state index is 8.90. The molecule has 2 heteroatoms. The SMILES string of the molecule is CC1(CN2CC(CO)C2)CCCC1. The summed E-state index contributed by atoms with van der Waals surface area (Å²) in [6.45, 7) is 6.33. The van der Waals surface area contributed by atoms with Gasteiger partial charge in [0.25, 0.3) is 0 Å². The molecule has 0 aromatic rings. The van der Waals surface area contributed by atoms with E-state index in [0.29, 0.717) is 17.9 Å². The molecule has 0 aromatic heterocycles. The lowest BCUT2D eigenvalue weighted by molar-refractivity contribution is 0.0235. The molecule has 0 atom stereocenters. The van der Waals surface area contributed by atoms with Crippen LogP contribution >= 0.6 is 0 Å². The molecule has 0 amide bonds. The molecule has 2 rings (SSSR count). The van der Waals surface area contributed by atoms with Crippen molar-refractivity contribution in [1.82, 2.24) is 4.90 Å². The van der Waals surface area contributed by atoms with Gasteiger partial charge in [-0.25, -0.2) is 0 Å². The summed E-state index contributed by atoms with van der Waals surface area (Å²) in [6.07, 6.45) is 5.67. The van der Waals surface area contributed by atoms with Gasteiger partial charge >= 0.3 is 0 Å². The van der Waals surface area contributed by atoms with Crippen molar-refractivity contribution in [3.8, 4) is 0 Å². The monoisotopic (exact) mass is 183 g/mol. The van der Waals surface area contributed by atoms with Gasteiger partial charge in [-0.2, -0.15) is 0 Å². The molecule has 0 bridgehead atoms. The van der Waals surface area contributed by atoms with Gasteiger partial charge < -0.3 is 10.0 Å². The Kier molecular flexibility index (Phi) is 2.61. The fourth-order valence-corrected chi connectivity index (χ4v) is 2.85. The van der Waals surface area contributed by atoms with Gasteiger partial charge in [-0.3, -0.25) is 0 Å². The Hall–Kier alpha value is -0.0800. The topological polar surface area (TPSA) is 23.5 Å². The predicted octanol–water partition coefficient (Wildman–Crippen LogP) is 1.49. The molecule has 76 valence electrons. The number of nitrogens with zero attached hydrogens (tertiary/aromatic N) is 1. The zero-order valence-electron chi connectivity index (χ0n) is 8.63. The number of aliphatic hydroxyl groups is 1. The van der Waals surface area contributed by atoms with Crippen molar-refractivity contribution >= 4 is 0 Å². The molecule has 2 nitrogen and oxygen atoms in total. The molecule has 0 radical (unpaired) electrons. The zero-order chi connectivity index (χ0) is 9.31. The smallest absolute Gasteiger partial charge is 0.0483 e.